The highest BCUT2D eigenvalue weighted by Crippen LogP contribution is 2.10. The molecule has 0 aliphatic carbocycles. The van der Waals surface area contributed by atoms with Gasteiger partial charge in [0.2, 0.25) is 5.69 Å². The first-order valence-corrected chi connectivity index (χ1v) is 6.16. The standard InChI is InChI=1S/C13H20N4O/c1-10(2)17(11(3)4)7-8-18-13-12(9-14)15-5-6-16-13/h5-6,10-11H,7-8H2,1-4H3. The van der Waals surface area contributed by atoms with Crippen molar-refractivity contribution in [2.75, 3.05) is 13.2 Å². The number of nitriles is 1. The quantitative estimate of drug-likeness (QED) is 0.768. The minimum absolute atomic E-state index is 0.234. The Morgan fingerprint density at radius 2 is 1.83 bits per heavy atom. The van der Waals surface area contributed by atoms with E-state index in [0.717, 1.165) is 6.54 Å². The molecule has 1 heterocycles. The summed E-state index contributed by atoms with van der Waals surface area (Å²) in [5.41, 5.74) is 0.234. The number of nitrogens with zero attached hydrogens (tertiary/aromatic N) is 4. The van der Waals surface area contributed by atoms with E-state index < -0.39 is 0 Å². The van der Waals surface area contributed by atoms with Gasteiger partial charge in [-0.25, -0.2) is 9.97 Å². The van der Waals surface area contributed by atoms with Crippen molar-refractivity contribution in [2.45, 2.75) is 39.8 Å². The predicted octanol–water partition coefficient (Wildman–Crippen LogP) is 1.85. The molecule has 0 amide bonds. The van der Waals surface area contributed by atoms with E-state index in [1.165, 1.54) is 12.4 Å². The monoisotopic (exact) mass is 248 g/mol. The fourth-order valence-corrected chi connectivity index (χ4v) is 1.87. The number of aromatic nitrogens is 2. The molecular weight excluding hydrogens is 228 g/mol. The molecule has 1 aromatic heterocycles. The first-order valence-electron chi connectivity index (χ1n) is 6.16. The van der Waals surface area contributed by atoms with Gasteiger partial charge in [0, 0.05) is 31.0 Å². The largest absolute Gasteiger partial charge is 0.474 e. The Balaban J connectivity index is 2.53. The highest BCUT2D eigenvalue weighted by molar-refractivity contribution is 5.29. The summed E-state index contributed by atoms with van der Waals surface area (Å²) in [6.45, 7) is 9.93. The van der Waals surface area contributed by atoms with Gasteiger partial charge in [-0.15, -0.1) is 0 Å². The SMILES string of the molecule is CC(C)N(CCOc1nccnc1C#N)C(C)C. The van der Waals surface area contributed by atoms with Gasteiger partial charge in [-0.3, -0.25) is 4.90 Å². The average molecular weight is 248 g/mol. The van der Waals surface area contributed by atoms with Crippen LogP contribution < -0.4 is 4.74 Å². The van der Waals surface area contributed by atoms with Crippen LogP contribution in [0.4, 0.5) is 0 Å². The second kappa shape index (κ2) is 6.92. The molecule has 98 valence electrons. The molecule has 0 radical (unpaired) electrons. The molecule has 0 N–H and O–H groups in total. The van der Waals surface area contributed by atoms with Crippen LogP contribution >= 0.6 is 0 Å². The molecule has 0 bridgehead atoms. The van der Waals surface area contributed by atoms with Gasteiger partial charge in [0.1, 0.15) is 12.7 Å². The summed E-state index contributed by atoms with van der Waals surface area (Å²) < 4.78 is 5.52. The van der Waals surface area contributed by atoms with Crippen molar-refractivity contribution in [2.24, 2.45) is 0 Å². The van der Waals surface area contributed by atoms with Gasteiger partial charge >= 0.3 is 0 Å². The van der Waals surface area contributed by atoms with Crippen molar-refractivity contribution in [3.05, 3.63) is 18.1 Å². The number of hydrogen-bond acceptors (Lipinski definition) is 5. The molecule has 0 fully saturated rings. The number of ether oxygens (including phenoxy) is 1. The Morgan fingerprint density at radius 1 is 1.22 bits per heavy atom. The first kappa shape index (κ1) is 14.4. The molecule has 5 heteroatoms. The second-order valence-electron chi connectivity index (χ2n) is 4.60. The first-order chi connectivity index (χ1) is 8.56. The van der Waals surface area contributed by atoms with E-state index in [0.29, 0.717) is 24.6 Å². The third kappa shape index (κ3) is 3.97. The molecule has 1 aromatic rings. The maximum atomic E-state index is 8.86. The van der Waals surface area contributed by atoms with E-state index >= 15 is 0 Å². The molecule has 1 rings (SSSR count). The summed E-state index contributed by atoms with van der Waals surface area (Å²) in [4.78, 5) is 10.2. The number of hydrogen-bond donors (Lipinski definition) is 0. The molecular formula is C13H20N4O. The van der Waals surface area contributed by atoms with Gasteiger partial charge in [-0.05, 0) is 27.7 Å². The van der Waals surface area contributed by atoms with Crippen molar-refractivity contribution in [3.8, 4) is 11.9 Å². The maximum absolute atomic E-state index is 8.86. The second-order valence-corrected chi connectivity index (χ2v) is 4.60. The lowest BCUT2D eigenvalue weighted by atomic mass is 10.2. The molecule has 0 aromatic carbocycles. The van der Waals surface area contributed by atoms with E-state index in [2.05, 4.69) is 42.6 Å². The lowest BCUT2D eigenvalue weighted by Crippen LogP contribution is -2.39. The lowest BCUT2D eigenvalue weighted by Gasteiger charge is -2.30. The van der Waals surface area contributed by atoms with E-state index in [1.54, 1.807) is 0 Å². The van der Waals surface area contributed by atoms with Crippen LogP contribution in [0, 0.1) is 11.3 Å². The van der Waals surface area contributed by atoms with E-state index in [4.69, 9.17) is 10.00 Å². The molecule has 0 spiro atoms. The Labute approximate surface area is 108 Å². The lowest BCUT2D eigenvalue weighted by molar-refractivity contribution is 0.140. The smallest absolute Gasteiger partial charge is 0.251 e. The minimum Gasteiger partial charge on any atom is -0.474 e. The molecule has 0 saturated carbocycles. The third-order valence-electron chi connectivity index (χ3n) is 2.69. The van der Waals surface area contributed by atoms with Gasteiger partial charge < -0.3 is 4.74 Å². The van der Waals surface area contributed by atoms with E-state index in [-0.39, 0.29) is 5.69 Å². The Kier molecular flexibility index (Phi) is 5.53. The Morgan fingerprint density at radius 3 is 2.39 bits per heavy atom. The van der Waals surface area contributed by atoms with Gasteiger partial charge in [0.25, 0.3) is 5.88 Å². The molecule has 0 aliphatic heterocycles. The van der Waals surface area contributed by atoms with Crippen molar-refractivity contribution >= 4 is 0 Å². The topological polar surface area (TPSA) is 62.0 Å². The molecule has 0 aliphatic rings. The van der Waals surface area contributed by atoms with Crippen LogP contribution in [0.5, 0.6) is 5.88 Å². The average Bonchev–Trinajstić information content (AvgIpc) is 2.34. The van der Waals surface area contributed by atoms with Crippen molar-refractivity contribution in [1.29, 1.82) is 5.26 Å². The molecule has 18 heavy (non-hydrogen) atoms. The van der Waals surface area contributed by atoms with Crippen LogP contribution in [0.3, 0.4) is 0 Å². The summed E-state index contributed by atoms with van der Waals surface area (Å²) in [5, 5.41) is 8.86. The maximum Gasteiger partial charge on any atom is 0.251 e. The van der Waals surface area contributed by atoms with Crippen LogP contribution in [0.25, 0.3) is 0 Å². The summed E-state index contributed by atoms with van der Waals surface area (Å²) in [6.07, 6.45) is 3.01. The van der Waals surface area contributed by atoms with Crippen LogP contribution in [0.15, 0.2) is 12.4 Å². The molecule has 0 saturated heterocycles. The summed E-state index contributed by atoms with van der Waals surface area (Å²) in [5.74, 6) is 0.312. The van der Waals surface area contributed by atoms with Crippen molar-refractivity contribution in [1.82, 2.24) is 14.9 Å². The molecule has 5 nitrogen and oxygen atoms in total. The van der Waals surface area contributed by atoms with Crippen LogP contribution in [-0.4, -0.2) is 40.1 Å². The third-order valence-corrected chi connectivity index (χ3v) is 2.69. The molecule has 0 atom stereocenters. The predicted molar refractivity (Wildman–Crippen MR) is 69.2 cm³/mol. The molecule has 0 unspecified atom stereocenters. The van der Waals surface area contributed by atoms with Gasteiger partial charge in [-0.2, -0.15) is 5.26 Å². The summed E-state index contributed by atoms with van der Waals surface area (Å²) in [6, 6.07) is 2.89. The highest BCUT2D eigenvalue weighted by Gasteiger charge is 2.13. The zero-order valence-electron chi connectivity index (χ0n) is 11.4. The van der Waals surface area contributed by atoms with Crippen molar-refractivity contribution < 1.29 is 4.74 Å². The normalized spacial score (nSPS) is 11.0. The Hall–Kier alpha value is -1.67. The van der Waals surface area contributed by atoms with Gasteiger partial charge in [0.15, 0.2) is 0 Å². The minimum atomic E-state index is 0.234. The van der Waals surface area contributed by atoms with Gasteiger partial charge in [-0.1, -0.05) is 0 Å². The van der Waals surface area contributed by atoms with Gasteiger partial charge in [0.05, 0.1) is 0 Å². The zero-order valence-corrected chi connectivity index (χ0v) is 11.4. The fraction of sp³-hybridized carbons (Fsp3) is 0.615. The summed E-state index contributed by atoms with van der Waals surface area (Å²) in [7, 11) is 0. The highest BCUT2D eigenvalue weighted by atomic mass is 16.5. The summed E-state index contributed by atoms with van der Waals surface area (Å²) >= 11 is 0. The van der Waals surface area contributed by atoms with Crippen molar-refractivity contribution in [3.63, 3.8) is 0 Å². The van der Waals surface area contributed by atoms with Crippen LogP contribution in [-0.2, 0) is 0 Å². The number of rotatable bonds is 6. The van der Waals surface area contributed by atoms with Crippen LogP contribution in [0.1, 0.15) is 33.4 Å². The van der Waals surface area contributed by atoms with E-state index in [1.807, 2.05) is 6.07 Å². The zero-order chi connectivity index (χ0) is 13.5. The van der Waals surface area contributed by atoms with E-state index in [9.17, 15) is 0 Å². The fourth-order valence-electron chi connectivity index (χ4n) is 1.87. The van der Waals surface area contributed by atoms with Crippen LogP contribution in [0.2, 0.25) is 0 Å². The Bertz CT molecular complexity index is 404.